The van der Waals surface area contributed by atoms with Crippen molar-refractivity contribution in [1.82, 2.24) is 0 Å². The summed E-state index contributed by atoms with van der Waals surface area (Å²) in [5.41, 5.74) is 0.297. The molecule has 1 rings (SSSR count). The molecule has 0 saturated heterocycles. The van der Waals surface area contributed by atoms with Gasteiger partial charge in [0, 0.05) is 5.33 Å². The second kappa shape index (κ2) is 2.88. The van der Waals surface area contributed by atoms with Crippen molar-refractivity contribution in [3.8, 4) is 0 Å². The second-order valence-corrected chi connectivity index (χ2v) is 1.80. The van der Waals surface area contributed by atoms with Crippen LogP contribution in [0.2, 0.25) is 0 Å². The topological polar surface area (TPSA) is 0 Å². The maximum atomic E-state index is 7.43. The third-order valence-corrected chi connectivity index (χ3v) is 1.25. The number of benzene rings is 1. The van der Waals surface area contributed by atoms with E-state index in [2.05, 4.69) is 15.9 Å². The van der Waals surface area contributed by atoms with Gasteiger partial charge in [-0.1, -0.05) is 46.1 Å². The lowest BCUT2D eigenvalue weighted by atomic mass is 10.2. The molecule has 1 aromatic carbocycles. The van der Waals surface area contributed by atoms with Crippen molar-refractivity contribution < 1.29 is 6.85 Å². The third kappa shape index (κ3) is 1.34. The van der Waals surface area contributed by atoms with Crippen molar-refractivity contribution >= 4 is 15.9 Å². The van der Waals surface area contributed by atoms with Crippen molar-refractivity contribution in [1.29, 1.82) is 0 Å². The van der Waals surface area contributed by atoms with Gasteiger partial charge in [0.1, 0.15) is 0 Å². The molecule has 0 fully saturated rings. The summed E-state index contributed by atoms with van der Waals surface area (Å²) < 4.78 is 36.8. The summed E-state index contributed by atoms with van der Waals surface area (Å²) in [5.74, 6) is 0. The fraction of sp³-hybridized carbons (Fsp3) is 0.143. The fourth-order valence-corrected chi connectivity index (χ4v) is 0.623. The molecule has 42 valence electrons. The molecule has 0 N–H and O–H groups in total. The molecule has 0 aliphatic heterocycles. The summed E-state index contributed by atoms with van der Waals surface area (Å²) in [6.07, 6.45) is 0. The van der Waals surface area contributed by atoms with Crippen LogP contribution in [0.25, 0.3) is 0 Å². The predicted octanol–water partition coefficient (Wildman–Crippen LogP) is 2.58. The molecule has 0 aromatic heterocycles. The van der Waals surface area contributed by atoms with Gasteiger partial charge >= 0.3 is 0 Å². The molecule has 1 heteroatoms. The van der Waals surface area contributed by atoms with Crippen molar-refractivity contribution in [3.63, 3.8) is 0 Å². The van der Waals surface area contributed by atoms with Crippen molar-refractivity contribution in [3.05, 3.63) is 35.8 Å². The molecule has 8 heavy (non-hydrogen) atoms. The van der Waals surface area contributed by atoms with E-state index >= 15 is 0 Å². The third-order valence-electron chi connectivity index (χ3n) is 0.685. The lowest BCUT2D eigenvalue weighted by Crippen LogP contribution is -1.70. The van der Waals surface area contributed by atoms with E-state index < -0.39 is 0 Å². The summed E-state index contributed by atoms with van der Waals surface area (Å²) in [6.45, 7) is 0. The molecular formula is C7H7Br. The van der Waals surface area contributed by atoms with E-state index in [1.807, 2.05) is 0 Å². The average molecular weight is 176 g/mol. The van der Waals surface area contributed by atoms with E-state index in [9.17, 15) is 0 Å². The summed E-state index contributed by atoms with van der Waals surface area (Å²) >= 11 is 3.08. The van der Waals surface area contributed by atoms with E-state index in [0.29, 0.717) is 5.56 Å². The summed E-state index contributed by atoms with van der Waals surface area (Å²) in [7, 11) is 0. The summed E-state index contributed by atoms with van der Waals surface area (Å²) in [6, 6.07) is -1.18. The molecule has 0 heterocycles. The van der Waals surface area contributed by atoms with E-state index in [4.69, 9.17) is 6.85 Å². The van der Waals surface area contributed by atoms with E-state index in [1.165, 1.54) is 0 Å². The first-order chi connectivity index (χ1) is 6.00. The molecule has 0 amide bonds. The van der Waals surface area contributed by atoms with Crippen LogP contribution in [0.4, 0.5) is 0 Å². The van der Waals surface area contributed by atoms with Crippen LogP contribution in [0.5, 0.6) is 0 Å². The van der Waals surface area contributed by atoms with E-state index in [-0.39, 0.29) is 35.5 Å². The number of rotatable bonds is 1. The minimum Gasteiger partial charge on any atom is -0.0876 e. The van der Waals surface area contributed by atoms with Gasteiger partial charge in [0.05, 0.1) is 6.85 Å². The highest BCUT2D eigenvalue weighted by Gasteiger charge is 1.81. The first-order valence-electron chi connectivity index (χ1n) is 4.62. The van der Waals surface area contributed by atoms with Crippen LogP contribution in [0.1, 0.15) is 12.4 Å². The number of alkyl halides is 1. The Labute approximate surface area is 64.7 Å². The Bertz CT molecular complexity index is 320. The molecule has 0 unspecified atom stereocenters. The largest absolute Gasteiger partial charge is 0.0876 e. The first kappa shape index (κ1) is 2.14. The molecule has 0 nitrogen and oxygen atoms in total. The van der Waals surface area contributed by atoms with Crippen molar-refractivity contribution in [2.75, 3.05) is 0 Å². The van der Waals surface area contributed by atoms with Crippen molar-refractivity contribution in [2.24, 2.45) is 0 Å². The maximum Gasteiger partial charge on any atom is 0.0626 e. The van der Waals surface area contributed by atoms with Crippen LogP contribution in [0.3, 0.4) is 0 Å². The Morgan fingerprint density at radius 1 is 1.38 bits per heavy atom. The molecule has 1 aromatic rings. The quantitative estimate of drug-likeness (QED) is 0.577. The van der Waals surface area contributed by atoms with Gasteiger partial charge in [0.25, 0.3) is 0 Å². The zero-order valence-electron chi connectivity index (χ0n) is 9.09. The zero-order chi connectivity index (χ0) is 10.2. The van der Waals surface area contributed by atoms with Crippen LogP contribution in [-0.4, -0.2) is 0 Å². The second-order valence-electron chi connectivity index (χ2n) is 1.24. The predicted molar refractivity (Wildman–Crippen MR) is 39.1 cm³/mol. The minimum atomic E-state index is -0.347. The van der Waals surface area contributed by atoms with Crippen LogP contribution >= 0.6 is 15.9 Å². The highest BCUT2D eigenvalue weighted by Crippen LogP contribution is 2.02. The van der Waals surface area contributed by atoms with Crippen LogP contribution in [0, 0.1) is 0 Å². The first-order valence-corrected chi connectivity index (χ1v) is 3.24. The average Bonchev–Trinajstić information content (AvgIpc) is 2.13. The summed E-state index contributed by atoms with van der Waals surface area (Å²) in [4.78, 5) is 0. The number of hydrogen-bond donors (Lipinski definition) is 0. The molecule has 0 atom stereocenters. The Morgan fingerprint density at radius 2 is 2.00 bits per heavy atom. The fourth-order valence-electron chi connectivity index (χ4n) is 0.343. The van der Waals surface area contributed by atoms with Crippen LogP contribution in [0.15, 0.2) is 30.2 Å². The lowest BCUT2D eigenvalue weighted by Gasteiger charge is -1.88. The van der Waals surface area contributed by atoms with Gasteiger partial charge in [0.15, 0.2) is 0 Å². The Balaban J connectivity index is 3.56. The van der Waals surface area contributed by atoms with Gasteiger partial charge in [-0.3, -0.25) is 0 Å². The minimum absolute atomic E-state index is 0.136. The molecular weight excluding hydrogens is 164 g/mol. The van der Waals surface area contributed by atoms with Gasteiger partial charge in [-0.25, -0.2) is 0 Å². The molecule has 0 spiro atoms. The molecule has 0 saturated carbocycles. The smallest absolute Gasteiger partial charge is 0.0626 e. The Hall–Kier alpha value is -0.300. The van der Waals surface area contributed by atoms with E-state index in [0.717, 1.165) is 0 Å². The van der Waals surface area contributed by atoms with Crippen LogP contribution < -0.4 is 0 Å². The van der Waals surface area contributed by atoms with Gasteiger partial charge in [0.2, 0.25) is 0 Å². The number of hydrogen-bond acceptors (Lipinski definition) is 0. The Morgan fingerprint density at radius 3 is 2.50 bits per heavy atom. The molecule has 0 aliphatic rings. The summed E-state index contributed by atoms with van der Waals surface area (Å²) in [5, 5.41) is 0.267. The standard InChI is InChI=1S/C7H7Br/c8-6-7-4-2-1-3-5-7/h1-5H,6H2/i1D,2D,3D,4D,5D. The van der Waals surface area contributed by atoms with Gasteiger partial charge < -0.3 is 0 Å². The SMILES string of the molecule is [2H]c1c([2H])c([2H])c(CBr)c([2H])c1[2H]. The van der Waals surface area contributed by atoms with Gasteiger partial charge in [-0.2, -0.15) is 0 Å². The normalized spacial score (nSPS) is 17.9. The highest BCUT2D eigenvalue weighted by molar-refractivity contribution is 9.08. The maximum absolute atomic E-state index is 7.43. The number of halogens is 1. The van der Waals surface area contributed by atoms with Crippen LogP contribution in [-0.2, 0) is 5.33 Å². The zero-order valence-corrected chi connectivity index (χ0v) is 5.67. The van der Waals surface area contributed by atoms with Gasteiger partial charge in [-0.15, -0.1) is 0 Å². The Kier molecular flexibility index (Phi) is 0.770. The lowest BCUT2D eigenvalue weighted by molar-refractivity contribution is 1.44. The van der Waals surface area contributed by atoms with Gasteiger partial charge in [-0.05, 0) is 5.56 Å². The molecule has 0 bridgehead atoms. The molecule has 0 aliphatic carbocycles. The van der Waals surface area contributed by atoms with Crippen molar-refractivity contribution in [2.45, 2.75) is 5.33 Å². The molecule has 0 radical (unpaired) electrons. The van der Waals surface area contributed by atoms with E-state index in [1.54, 1.807) is 0 Å². The monoisotopic (exact) mass is 175 g/mol. The highest BCUT2D eigenvalue weighted by atomic mass is 79.9.